The van der Waals surface area contributed by atoms with Crippen LogP contribution in [0.25, 0.3) is 81.3 Å². The smallest absolute Gasteiger partial charge is 0.000719 e. The molecule has 1 aliphatic carbocycles. The summed E-state index contributed by atoms with van der Waals surface area (Å²) in [5.74, 6) is 0. The minimum atomic E-state index is 1.09. The third-order valence-electron chi connectivity index (χ3n) is 8.73. The van der Waals surface area contributed by atoms with E-state index in [2.05, 4.69) is 121 Å². The Balaban J connectivity index is 1.71. The molecule has 176 valence electrons. The number of allylic oxidation sites excluding steroid dienone is 4. The third kappa shape index (κ3) is 2.50. The van der Waals surface area contributed by atoms with Crippen molar-refractivity contribution in [3.8, 4) is 11.1 Å². The van der Waals surface area contributed by atoms with Gasteiger partial charge in [0.2, 0.25) is 0 Å². The lowest BCUT2D eigenvalue weighted by molar-refractivity contribution is 1.04. The molecule has 38 heavy (non-hydrogen) atoms. The predicted octanol–water partition coefficient (Wildman–Crippen LogP) is 10.9. The van der Waals surface area contributed by atoms with Crippen LogP contribution in [0.4, 0.5) is 0 Å². The summed E-state index contributed by atoms with van der Waals surface area (Å²) in [6.45, 7) is 0. The molecule has 0 aliphatic heterocycles. The van der Waals surface area contributed by atoms with Gasteiger partial charge in [-0.15, -0.1) is 0 Å². The predicted molar refractivity (Wildman–Crippen MR) is 166 cm³/mol. The van der Waals surface area contributed by atoms with Crippen molar-refractivity contribution < 1.29 is 0 Å². The summed E-state index contributed by atoms with van der Waals surface area (Å²) in [4.78, 5) is 0. The summed E-state index contributed by atoms with van der Waals surface area (Å²) >= 11 is 0. The summed E-state index contributed by atoms with van der Waals surface area (Å²) in [7, 11) is 0. The molecule has 0 spiro atoms. The van der Waals surface area contributed by atoms with E-state index in [1.54, 1.807) is 0 Å². The van der Waals surface area contributed by atoms with Crippen LogP contribution in [0.5, 0.6) is 0 Å². The van der Waals surface area contributed by atoms with E-state index in [4.69, 9.17) is 0 Å². The van der Waals surface area contributed by atoms with E-state index in [0.29, 0.717) is 0 Å². The fourth-order valence-corrected chi connectivity index (χ4v) is 7.32. The minimum Gasteiger partial charge on any atom is -0.0836 e. The molecule has 8 aromatic carbocycles. The summed E-state index contributed by atoms with van der Waals surface area (Å²) in [5.41, 5.74) is 5.41. The molecular weight excluding hydrogens is 456 g/mol. The molecule has 0 aromatic heterocycles. The zero-order chi connectivity index (χ0) is 24.8. The molecule has 0 nitrogen and oxygen atoms in total. The maximum atomic E-state index is 2.46. The molecular formula is C38H24. The van der Waals surface area contributed by atoms with E-state index in [1.165, 1.54) is 86.9 Å². The lowest BCUT2D eigenvalue weighted by Crippen LogP contribution is -1.92. The van der Waals surface area contributed by atoms with Crippen molar-refractivity contribution in [1.82, 2.24) is 0 Å². The van der Waals surface area contributed by atoms with Crippen molar-refractivity contribution >= 4 is 70.2 Å². The molecule has 0 heteroatoms. The van der Waals surface area contributed by atoms with E-state index in [1.807, 2.05) is 0 Å². The summed E-state index contributed by atoms with van der Waals surface area (Å²) in [6.07, 6.45) is 9.38. The Labute approximate surface area is 220 Å². The highest BCUT2D eigenvalue weighted by Gasteiger charge is 2.27. The monoisotopic (exact) mass is 480 g/mol. The topological polar surface area (TPSA) is 0 Å². The fourth-order valence-electron chi connectivity index (χ4n) is 7.32. The summed E-state index contributed by atoms with van der Waals surface area (Å²) < 4.78 is 0. The van der Waals surface area contributed by atoms with Gasteiger partial charge in [0, 0.05) is 0 Å². The molecule has 0 bridgehead atoms. The van der Waals surface area contributed by atoms with Crippen molar-refractivity contribution in [3.63, 3.8) is 0 Å². The van der Waals surface area contributed by atoms with Gasteiger partial charge in [-0.05, 0) is 99.7 Å². The van der Waals surface area contributed by atoms with E-state index < -0.39 is 0 Å². The number of fused-ring (bicyclic) bond motifs is 6. The van der Waals surface area contributed by atoms with Crippen molar-refractivity contribution in [3.05, 3.63) is 127 Å². The van der Waals surface area contributed by atoms with E-state index >= 15 is 0 Å². The van der Waals surface area contributed by atoms with E-state index in [0.717, 1.165) is 12.8 Å². The Morgan fingerprint density at radius 2 is 0.895 bits per heavy atom. The molecule has 0 saturated carbocycles. The summed E-state index contributed by atoms with van der Waals surface area (Å²) in [6, 6.07) is 38.4. The van der Waals surface area contributed by atoms with Crippen LogP contribution in [0.3, 0.4) is 0 Å². The highest BCUT2D eigenvalue weighted by Crippen LogP contribution is 2.54. The number of hydrogen-bond acceptors (Lipinski definition) is 0. The van der Waals surface area contributed by atoms with Gasteiger partial charge in [-0.1, -0.05) is 121 Å². The maximum Gasteiger partial charge on any atom is -0.000719 e. The highest BCUT2D eigenvalue weighted by atomic mass is 14.3. The molecule has 0 fully saturated rings. The second-order valence-corrected chi connectivity index (χ2v) is 10.7. The van der Waals surface area contributed by atoms with Gasteiger partial charge in [-0.2, -0.15) is 0 Å². The van der Waals surface area contributed by atoms with Crippen LogP contribution in [-0.2, 0) is 0 Å². The quantitative estimate of drug-likeness (QED) is 0.231. The van der Waals surface area contributed by atoms with E-state index in [9.17, 15) is 0 Å². The largest absolute Gasteiger partial charge is 0.0836 e. The first-order valence-corrected chi connectivity index (χ1v) is 13.6. The second kappa shape index (κ2) is 7.43. The molecule has 0 amide bonds. The first-order chi connectivity index (χ1) is 18.9. The van der Waals surface area contributed by atoms with Crippen molar-refractivity contribution in [1.29, 1.82) is 0 Å². The van der Waals surface area contributed by atoms with Crippen LogP contribution < -0.4 is 0 Å². The third-order valence-corrected chi connectivity index (χ3v) is 8.73. The van der Waals surface area contributed by atoms with Gasteiger partial charge in [0.25, 0.3) is 0 Å². The van der Waals surface area contributed by atoms with Gasteiger partial charge >= 0.3 is 0 Å². The van der Waals surface area contributed by atoms with Crippen LogP contribution in [0.15, 0.2) is 121 Å². The van der Waals surface area contributed by atoms with Gasteiger partial charge in [0.15, 0.2) is 0 Å². The summed E-state index contributed by atoms with van der Waals surface area (Å²) in [5, 5.41) is 16.4. The van der Waals surface area contributed by atoms with Gasteiger partial charge in [-0.3, -0.25) is 0 Å². The normalized spacial score (nSPS) is 14.2. The Bertz CT molecular complexity index is 2120. The van der Waals surface area contributed by atoms with Crippen LogP contribution in [0.1, 0.15) is 18.4 Å². The SMILES string of the molecule is C1=CC(c2c3c4cccc5cccc(c3c(-c3ccccc3)c3c6cccc7cccc(c23)c76)c54)=CCC1. The average molecular weight is 481 g/mol. The molecule has 0 atom stereocenters. The van der Waals surface area contributed by atoms with Crippen LogP contribution in [-0.4, -0.2) is 0 Å². The number of hydrogen-bond donors (Lipinski definition) is 0. The van der Waals surface area contributed by atoms with Crippen molar-refractivity contribution in [2.24, 2.45) is 0 Å². The fraction of sp³-hybridized carbons (Fsp3) is 0.0526. The molecule has 0 N–H and O–H groups in total. The molecule has 0 heterocycles. The Kier molecular flexibility index (Phi) is 3.99. The minimum absolute atomic E-state index is 1.09. The lowest BCUT2D eigenvalue weighted by atomic mass is 9.86. The first-order valence-electron chi connectivity index (χ1n) is 13.6. The Hall–Kier alpha value is -4.68. The zero-order valence-electron chi connectivity index (χ0n) is 21.0. The number of rotatable bonds is 2. The van der Waals surface area contributed by atoms with Crippen LogP contribution in [0.2, 0.25) is 0 Å². The standard InChI is InChI=1S/C38H24/c1-3-11-25(12-4-1)33-35-27-19-7-15-23-17-9-21-29(31(23)27)37(35)34(26-13-5-2-6-14-26)38-30-22-10-18-24-16-8-20-28(32(24)30)36(33)38/h1,3-5,7-22H,2,6H2. The maximum absolute atomic E-state index is 2.46. The van der Waals surface area contributed by atoms with Crippen molar-refractivity contribution in [2.45, 2.75) is 12.8 Å². The molecule has 0 saturated heterocycles. The zero-order valence-corrected chi connectivity index (χ0v) is 21.0. The Morgan fingerprint density at radius 1 is 0.395 bits per heavy atom. The van der Waals surface area contributed by atoms with Crippen LogP contribution in [0, 0.1) is 0 Å². The van der Waals surface area contributed by atoms with Crippen LogP contribution >= 0.6 is 0 Å². The molecule has 9 rings (SSSR count). The number of benzene rings is 6. The van der Waals surface area contributed by atoms with Crippen molar-refractivity contribution in [2.75, 3.05) is 0 Å². The highest BCUT2D eigenvalue weighted by molar-refractivity contribution is 6.45. The van der Waals surface area contributed by atoms with E-state index in [-0.39, 0.29) is 0 Å². The first kappa shape index (κ1) is 20.4. The Morgan fingerprint density at radius 3 is 1.37 bits per heavy atom. The van der Waals surface area contributed by atoms with Gasteiger partial charge in [0.05, 0.1) is 0 Å². The lowest BCUT2D eigenvalue weighted by Gasteiger charge is -2.17. The molecule has 0 radical (unpaired) electrons. The van der Waals surface area contributed by atoms with Gasteiger partial charge in [0.1, 0.15) is 0 Å². The van der Waals surface area contributed by atoms with Gasteiger partial charge in [-0.25, -0.2) is 0 Å². The second-order valence-electron chi connectivity index (χ2n) is 10.7. The van der Waals surface area contributed by atoms with Gasteiger partial charge < -0.3 is 0 Å². The molecule has 1 aliphatic rings. The average Bonchev–Trinajstić information content (AvgIpc) is 3.49. The molecule has 8 aromatic rings. The molecule has 0 unspecified atom stereocenters.